The summed E-state index contributed by atoms with van der Waals surface area (Å²) in [6, 6.07) is 64.6. The molecule has 1 atom stereocenters. The van der Waals surface area contributed by atoms with Crippen molar-refractivity contribution in [1.82, 2.24) is 14.5 Å². The molecule has 3 aliphatic rings. The largest absolute Gasteiger partial charge is 0.324 e. The van der Waals surface area contributed by atoms with Crippen molar-refractivity contribution in [3.63, 3.8) is 0 Å². The number of para-hydroxylation sites is 2. The Bertz CT molecular complexity index is 3280. The van der Waals surface area contributed by atoms with Crippen molar-refractivity contribution in [2.24, 2.45) is 15.0 Å². The quantitative estimate of drug-likeness (QED) is 0.172. The number of hydrogen-bond acceptors (Lipinski definition) is 4. The molecule has 62 heavy (non-hydrogen) atoms. The Morgan fingerprint density at radius 2 is 1.08 bits per heavy atom. The number of hydrogen-bond donors (Lipinski definition) is 1. The molecule has 0 spiro atoms. The number of rotatable bonds is 7. The highest BCUT2D eigenvalue weighted by Gasteiger charge is 2.35. The minimum Gasteiger partial charge on any atom is -0.324 e. The second kappa shape index (κ2) is 15.0. The molecule has 7 aromatic carbocycles. The lowest BCUT2D eigenvalue weighted by Crippen LogP contribution is -2.37. The van der Waals surface area contributed by atoms with Crippen molar-refractivity contribution in [1.29, 1.82) is 0 Å². The summed E-state index contributed by atoms with van der Waals surface area (Å²) in [5, 5.41) is 7.16. The second-order valence-electron chi connectivity index (χ2n) is 16.3. The zero-order chi connectivity index (χ0) is 41.0. The van der Waals surface area contributed by atoms with Gasteiger partial charge in [0.2, 0.25) is 6.29 Å². The first-order chi connectivity index (χ1) is 30.7. The minimum absolute atomic E-state index is 0.0474. The number of amidine groups is 2. The molecular weight excluding hydrogens is 757 g/mol. The van der Waals surface area contributed by atoms with Crippen molar-refractivity contribution in [3.05, 3.63) is 228 Å². The van der Waals surface area contributed by atoms with Crippen LogP contribution in [0.15, 0.2) is 221 Å². The molecule has 6 heteroatoms. The summed E-state index contributed by atoms with van der Waals surface area (Å²) >= 11 is 0. The third-order valence-corrected chi connectivity index (χ3v) is 12.6. The molecule has 0 bridgehead atoms. The van der Waals surface area contributed by atoms with E-state index in [2.05, 4.69) is 203 Å². The summed E-state index contributed by atoms with van der Waals surface area (Å²) in [7, 11) is 0. The van der Waals surface area contributed by atoms with Crippen LogP contribution in [0.2, 0.25) is 0 Å². The van der Waals surface area contributed by atoms with E-state index in [1.54, 1.807) is 0 Å². The molecule has 1 unspecified atom stereocenters. The molecule has 6 nitrogen and oxygen atoms in total. The smallest absolute Gasteiger partial charge is 0.224 e. The molecule has 1 N–H and O–H groups in total. The highest BCUT2D eigenvalue weighted by molar-refractivity contribution is 6.16. The van der Waals surface area contributed by atoms with E-state index in [0.29, 0.717) is 0 Å². The predicted molar refractivity (Wildman–Crippen MR) is 256 cm³/mol. The molecule has 2 aromatic heterocycles. The van der Waals surface area contributed by atoms with E-state index < -0.39 is 6.29 Å². The van der Waals surface area contributed by atoms with Crippen molar-refractivity contribution in [2.45, 2.75) is 31.5 Å². The van der Waals surface area contributed by atoms with Crippen molar-refractivity contribution in [2.75, 3.05) is 0 Å². The summed E-state index contributed by atoms with van der Waals surface area (Å²) in [5.74, 6) is 1.63. The summed E-state index contributed by atoms with van der Waals surface area (Å²) in [6.07, 6.45) is 9.34. The van der Waals surface area contributed by atoms with Crippen LogP contribution in [0.4, 0.5) is 5.69 Å². The summed E-state index contributed by atoms with van der Waals surface area (Å²) in [6.45, 7) is 0. The number of benzene rings is 7. The fourth-order valence-corrected chi connectivity index (χ4v) is 9.69. The van der Waals surface area contributed by atoms with Gasteiger partial charge in [0.05, 0.1) is 27.9 Å². The zero-order valence-corrected chi connectivity index (χ0v) is 34.1. The first-order valence-electron chi connectivity index (χ1n) is 21.5. The summed E-state index contributed by atoms with van der Waals surface area (Å²) in [5.41, 5.74) is 14.6. The van der Waals surface area contributed by atoms with Crippen molar-refractivity contribution in [3.8, 4) is 16.8 Å². The van der Waals surface area contributed by atoms with E-state index in [0.717, 1.165) is 92.4 Å². The van der Waals surface area contributed by atoms with E-state index in [1.807, 2.05) is 12.1 Å². The van der Waals surface area contributed by atoms with Gasteiger partial charge in [-0.05, 0) is 77.6 Å². The van der Waals surface area contributed by atoms with Gasteiger partial charge < -0.3 is 14.5 Å². The second-order valence-corrected chi connectivity index (χ2v) is 16.3. The van der Waals surface area contributed by atoms with Gasteiger partial charge in [-0.15, -0.1) is 0 Å². The fourth-order valence-electron chi connectivity index (χ4n) is 9.69. The molecule has 0 saturated heterocycles. The van der Waals surface area contributed by atoms with Crippen molar-refractivity contribution < 1.29 is 0 Å². The first-order valence-corrected chi connectivity index (χ1v) is 21.5. The summed E-state index contributed by atoms with van der Waals surface area (Å²) < 4.78 is 4.76. The molecule has 0 radical (unpaired) electrons. The van der Waals surface area contributed by atoms with Crippen LogP contribution in [-0.2, 0) is 0 Å². The highest BCUT2D eigenvalue weighted by Crippen LogP contribution is 2.50. The number of nitrogens with one attached hydrogen (secondary N) is 1. The van der Waals surface area contributed by atoms with Gasteiger partial charge >= 0.3 is 0 Å². The lowest BCUT2D eigenvalue weighted by atomic mass is 9.83. The van der Waals surface area contributed by atoms with Gasteiger partial charge in [-0.1, -0.05) is 158 Å². The normalized spacial score (nSPS) is 16.4. The van der Waals surface area contributed by atoms with Gasteiger partial charge in [0, 0.05) is 51.0 Å². The number of fused-ring (bicyclic) bond motifs is 6. The SMILES string of the molecule is C1=CC(C2CC(c3ccccc3)=Nc3c2n(C2N=C(c4ccccc4)NC(c4ccccc4)=N2)c2ccc(-c4ccc5c(c4)c4ccccc4n5-c4ccccc4)cc32)=CCC1. The molecule has 4 heterocycles. The van der Waals surface area contributed by atoms with Crippen LogP contribution in [0.5, 0.6) is 0 Å². The van der Waals surface area contributed by atoms with Crippen LogP contribution in [0.25, 0.3) is 49.5 Å². The van der Waals surface area contributed by atoms with Crippen molar-refractivity contribution >= 4 is 55.8 Å². The van der Waals surface area contributed by atoms with Crippen LogP contribution < -0.4 is 5.32 Å². The molecule has 12 rings (SSSR count). The Kier molecular flexibility index (Phi) is 8.73. The number of allylic oxidation sites excluding steroid dienone is 4. The Morgan fingerprint density at radius 1 is 0.500 bits per heavy atom. The zero-order valence-electron chi connectivity index (χ0n) is 34.1. The van der Waals surface area contributed by atoms with Gasteiger partial charge in [0.15, 0.2) is 0 Å². The minimum atomic E-state index is -0.580. The standard InChI is InChI=1S/C56H42N6/c1-6-18-37(19-7-1)45-36-48(38-20-8-2-9-21-38)57-52-47-35-42(41-30-32-50-46(34-41)44-28-16-17-29-49(44)61(50)43-26-14-5-15-27-43)31-33-51(47)62(53(45)52)56-59-54(39-22-10-3-11-23-39)58-55(60-56)40-24-12-4-13-25-40/h2-6,8-35,45,56H,1,7,36H2,(H,58,59,60). The van der Waals surface area contributed by atoms with Gasteiger partial charge in [-0.25, -0.2) is 9.98 Å². The highest BCUT2D eigenvalue weighted by atomic mass is 15.3. The topological polar surface area (TPSA) is 59.0 Å². The number of aromatic nitrogens is 2. The molecule has 0 amide bonds. The molecule has 296 valence electrons. The Balaban J connectivity index is 1.11. The maximum Gasteiger partial charge on any atom is 0.224 e. The third kappa shape index (κ3) is 6.14. The Morgan fingerprint density at radius 3 is 1.74 bits per heavy atom. The maximum atomic E-state index is 5.65. The number of nitrogens with zero attached hydrogens (tertiary/aromatic N) is 5. The lowest BCUT2D eigenvalue weighted by Gasteiger charge is -2.30. The van der Waals surface area contributed by atoms with Crippen LogP contribution in [0, 0.1) is 0 Å². The van der Waals surface area contributed by atoms with E-state index in [9.17, 15) is 0 Å². The average molecular weight is 799 g/mol. The average Bonchev–Trinajstić information content (AvgIpc) is 3.87. The summed E-state index contributed by atoms with van der Waals surface area (Å²) in [4.78, 5) is 16.5. The van der Waals surface area contributed by atoms with Gasteiger partial charge in [-0.2, -0.15) is 0 Å². The lowest BCUT2D eigenvalue weighted by molar-refractivity contribution is 0.527. The Hall–Kier alpha value is -7.83. The number of aliphatic imine (C=N–C) groups is 3. The molecule has 1 aliphatic carbocycles. The third-order valence-electron chi connectivity index (χ3n) is 12.6. The van der Waals surface area contributed by atoms with E-state index in [1.165, 1.54) is 27.4 Å². The molecule has 0 fully saturated rings. The van der Waals surface area contributed by atoms with Gasteiger partial charge in [0.1, 0.15) is 11.7 Å². The van der Waals surface area contributed by atoms with Gasteiger partial charge in [-0.3, -0.25) is 4.99 Å². The first kappa shape index (κ1) is 36.1. The van der Waals surface area contributed by atoms with Crippen LogP contribution in [0.1, 0.15) is 53.9 Å². The van der Waals surface area contributed by atoms with E-state index in [-0.39, 0.29) is 5.92 Å². The molecule has 9 aromatic rings. The fraction of sp³-hybridized carbons (Fsp3) is 0.0893. The monoisotopic (exact) mass is 798 g/mol. The van der Waals surface area contributed by atoms with E-state index in [4.69, 9.17) is 15.0 Å². The van der Waals surface area contributed by atoms with E-state index >= 15 is 0 Å². The molecule has 0 saturated carbocycles. The predicted octanol–water partition coefficient (Wildman–Crippen LogP) is 13.2. The van der Waals surface area contributed by atoms with Crippen LogP contribution >= 0.6 is 0 Å². The maximum absolute atomic E-state index is 5.65. The van der Waals surface area contributed by atoms with Crippen LogP contribution in [-0.4, -0.2) is 26.5 Å². The molecule has 2 aliphatic heterocycles. The van der Waals surface area contributed by atoms with Gasteiger partial charge in [0.25, 0.3) is 0 Å². The Labute approximate surface area is 360 Å². The van der Waals surface area contributed by atoms with Crippen LogP contribution in [0.3, 0.4) is 0 Å². The molecular formula is C56H42N6.